The number of ether oxygens (including phenoxy) is 1. The maximum absolute atomic E-state index is 10.8. The first kappa shape index (κ1) is 12.8. The Morgan fingerprint density at radius 3 is 2.44 bits per heavy atom. The van der Waals surface area contributed by atoms with E-state index in [1.165, 1.54) is 22.5 Å². The summed E-state index contributed by atoms with van der Waals surface area (Å²) >= 11 is 1.40. The van der Waals surface area contributed by atoms with Crippen LogP contribution in [0.1, 0.15) is 25.8 Å². The van der Waals surface area contributed by atoms with Gasteiger partial charge in [0.2, 0.25) is 0 Å². The molecule has 0 saturated heterocycles. The highest BCUT2D eigenvalue weighted by Gasteiger charge is 2.15. The molecule has 0 N–H and O–H groups in total. The summed E-state index contributed by atoms with van der Waals surface area (Å²) in [6.45, 7) is 6.07. The number of hydrogen-bond acceptors (Lipinski definition) is 4. The van der Waals surface area contributed by atoms with Gasteiger partial charge in [0.15, 0.2) is 11.3 Å². The molecule has 18 heavy (non-hydrogen) atoms. The van der Waals surface area contributed by atoms with Gasteiger partial charge in [-0.3, -0.25) is 4.79 Å². The zero-order chi connectivity index (χ0) is 13.3. The second-order valence-corrected chi connectivity index (χ2v) is 5.45. The molecule has 0 amide bonds. The molecule has 0 spiro atoms. The topological polar surface area (TPSA) is 39.2 Å². The third-order valence-electron chi connectivity index (χ3n) is 2.98. The van der Waals surface area contributed by atoms with Crippen LogP contribution in [0, 0.1) is 20.8 Å². The lowest BCUT2D eigenvalue weighted by molar-refractivity contribution is 0.112. The molecule has 0 saturated carbocycles. The van der Waals surface area contributed by atoms with Crippen molar-refractivity contribution in [1.82, 2.24) is 4.98 Å². The molecule has 94 valence electrons. The van der Waals surface area contributed by atoms with Crippen LogP contribution in [0.4, 0.5) is 0 Å². The molecule has 0 bridgehead atoms. The van der Waals surface area contributed by atoms with Crippen LogP contribution in [0.5, 0.6) is 5.75 Å². The average molecular weight is 261 g/mol. The lowest BCUT2D eigenvalue weighted by Crippen LogP contribution is -1.93. The van der Waals surface area contributed by atoms with Crippen molar-refractivity contribution in [2.75, 3.05) is 7.11 Å². The molecule has 4 heteroatoms. The quantitative estimate of drug-likeness (QED) is 0.793. The van der Waals surface area contributed by atoms with Crippen molar-refractivity contribution < 1.29 is 9.53 Å². The van der Waals surface area contributed by atoms with E-state index in [2.05, 4.69) is 18.0 Å². The summed E-state index contributed by atoms with van der Waals surface area (Å²) in [7, 11) is 1.65. The molecule has 0 aliphatic carbocycles. The highest BCUT2D eigenvalue weighted by Crippen LogP contribution is 2.35. The first-order chi connectivity index (χ1) is 8.56. The summed E-state index contributed by atoms with van der Waals surface area (Å²) in [5.41, 5.74) is 4.15. The SMILES string of the molecule is COc1cc(C)c(C)cc1-c1nc(C=O)sc1C. The maximum atomic E-state index is 10.8. The van der Waals surface area contributed by atoms with Gasteiger partial charge in [-0.2, -0.15) is 0 Å². The number of carbonyl (C=O) groups is 1. The van der Waals surface area contributed by atoms with E-state index in [0.717, 1.165) is 28.2 Å². The van der Waals surface area contributed by atoms with E-state index < -0.39 is 0 Å². The van der Waals surface area contributed by atoms with Gasteiger partial charge in [0, 0.05) is 10.4 Å². The second kappa shape index (κ2) is 4.90. The van der Waals surface area contributed by atoms with Gasteiger partial charge < -0.3 is 4.74 Å². The lowest BCUT2D eigenvalue weighted by Gasteiger charge is -2.10. The number of aryl methyl sites for hydroxylation is 3. The molecule has 1 aromatic heterocycles. The van der Waals surface area contributed by atoms with Crippen LogP contribution in [0.2, 0.25) is 0 Å². The largest absolute Gasteiger partial charge is 0.496 e. The predicted molar refractivity (Wildman–Crippen MR) is 73.7 cm³/mol. The van der Waals surface area contributed by atoms with Gasteiger partial charge in [0.25, 0.3) is 0 Å². The Labute approximate surface area is 110 Å². The van der Waals surface area contributed by atoms with Crippen LogP contribution in [-0.4, -0.2) is 18.4 Å². The summed E-state index contributed by atoms with van der Waals surface area (Å²) < 4.78 is 5.41. The number of aromatic nitrogens is 1. The molecule has 1 heterocycles. The Balaban J connectivity index is 2.65. The molecule has 0 aliphatic rings. The molecule has 3 nitrogen and oxygen atoms in total. The summed E-state index contributed by atoms with van der Waals surface area (Å²) in [6.07, 6.45) is 0.786. The molecule has 0 atom stereocenters. The number of rotatable bonds is 3. The Kier molecular flexibility index (Phi) is 3.48. The minimum atomic E-state index is 0.503. The zero-order valence-electron chi connectivity index (χ0n) is 10.9. The van der Waals surface area contributed by atoms with E-state index in [-0.39, 0.29) is 0 Å². The van der Waals surface area contributed by atoms with Crippen molar-refractivity contribution in [3.05, 3.63) is 33.1 Å². The number of hydrogen-bond donors (Lipinski definition) is 0. The normalized spacial score (nSPS) is 10.4. The third kappa shape index (κ3) is 2.16. The lowest BCUT2D eigenvalue weighted by atomic mass is 10.0. The number of benzene rings is 1. The minimum Gasteiger partial charge on any atom is -0.496 e. The zero-order valence-corrected chi connectivity index (χ0v) is 11.7. The van der Waals surface area contributed by atoms with E-state index in [0.29, 0.717) is 5.01 Å². The van der Waals surface area contributed by atoms with Crippen LogP contribution >= 0.6 is 11.3 Å². The summed E-state index contributed by atoms with van der Waals surface area (Å²) in [5, 5.41) is 0.503. The first-order valence-electron chi connectivity index (χ1n) is 5.65. The van der Waals surface area contributed by atoms with Crippen molar-refractivity contribution in [2.24, 2.45) is 0 Å². The predicted octanol–water partition coefficient (Wildman–Crippen LogP) is 3.56. The van der Waals surface area contributed by atoms with Gasteiger partial charge in [0.05, 0.1) is 12.8 Å². The number of aldehydes is 1. The average Bonchev–Trinajstić information content (AvgIpc) is 2.73. The molecule has 0 aliphatic heterocycles. The van der Waals surface area contributed by atoms with Gasteiger partial charge >= 0.3 is 0 Å². The molecular formula is C14H15NO2S. The van der Waals surface area contributed by atoms with Gasteiger partial charge in [0.1, 0.15) is 5.75 Å². The Hall–Kier alpha value is -1.68. The molecule has 0 unspecified atom stereocenters. The van der Waals surface area contributed by atoms with Gasteiger partial charge in [-0.05, 0) is 44.0 Å². The van der Waals surface area contributed by atoms with E-state index >= 15 is 0 Å². The number of methoxy groups -OCH3 is 1. The fraction of sp³-hybridized carbons (Fsp3) is 0.286. The summed E-state index contributed by atoms with van der Waals surface area (Å²) in [4.78, 5) is 16.2. The van der Waals surface area contributed by atoms with Crippen LogP contribution in [0.25, 0.3) is 11.3 Å². The fourth-order valence-electron chi connectivity index (χ4n) is 1.86. The standard InChI is InChI=1S/C14H15NO2S/c1-8-5-11(12(17-4)6-9(8)2)14-10(3)18-13(7-16)15-14/h5-7H,1-4H3. The van der Waals surface area contributed by atoms with Crippen molar-refractivity contribution in [2.45, 2.75) is 20.8 Å². The Bertz CT molecular complexity index is 602. The third-order valence-corrected chi connectivity index (χ3v) is 3.88. The van der Waals surface area contributed by atoms with Crippen LogP contribution in [0.15, 0.2) is 12.1 Å². The molecular weight excluding hydrogens is 246 g/mol. The minimum absolute atomic E-state index is 0.503. The van der Waals surface area contributed by atoms with E-state index in [9.17, 15) is 4.79 Å². The smallest absolute Gasteiger partial charge is 0.178 e. The van der Waals surface area contributed by atoms with E-state index in [1.54, 1.807) is 7.11 Å². The van der Waals surface area contributed by atoms with Crippen molar-refractivity contribution in [3.63, 3.8) is 0 Å². The Morgan fingerprint density at radius 2 is 1.89 bits per heavy atom. The molecule has 1 aromatic carbocycles. The first-order valence-corrected chi connectivity index (χ1v) is 6.46. The summed E-state index contributed by atoms with van der Waals surface area (Å²) in [5.74, 6) is 0.795. The van der Waals surface area contributed by atoms with E-state index in [4.69, 9.17) is 4.74 Å². The molecule has 2 rings (SSSR count). The molecule has 0 fully saturated rings. The maximum Gasteiger partial charge on any atom is 0.178 e. The van der Waals surface area contributed by atoms with Gasteiger partial charge in [-0.1, -0.05) is 0 Å². The van der Waals surface area contributed by atoms with Crippen LogP contribution < -0.4 is 4.74 Å². The van der Waals surface area contributed by atoms with Gasteiger partial charge in [-0.15, -0.1) is 11.3 Å². The number of nitrogens with zero attached hydrogens (tertiary/aromatic N) is 1. The highest BCUT2D eigenvalue weighted by atomic mass is 32.1. The fourth-order valence-corrected chi connectivity index (χ4v) is 2.61. The molecule has 2 aromatic rings. The van der Waals surface area contributed by atoms with Crippen molar-refractivity contribution in [1.29, 1.82) is 0 Å². The summed E-state index contributed by atoms with van der Waals surface area (Å²) in [6, 6.07) is 4.06. The van der Waals surface area contributed by atoms with Crippen molar-refractivity contribution in [3.8, 4) is 17.0 Å². The monoisotopic (exact) mass is 261 g/mol. The number of carbonyl (C=O) groups excluding carboxylic acids is 1. The van der Waals surface area contributed by atoms with E-state index in [1.807, 2.05) is 19.9 Å². The van der Waals surface area contributed by atoms with Gasteiger partial charge in [-0.25, -0.2) is 4.98 Å². The van der Waals surface area contributed by atoms with Crippen molar-refractivity contribution >= 4 is 17.6 Å². The molecule has 0 radical (unpaired) electrons. The van der Waals surface area contributed by atoms with Crippen LogP contribution in [0.3, 0.4) is 0 Å². The number of thiazole rings is 1. The second-order valence-electron chi connectivity index (χ2n) is 4.21. The Morgan fingerprint density at radius 1 is 1.22 bits per heavy atom. The van der Waals surface area contributed by atoms with Crippen LogP contribution in [-0.2, 0) is 0 Å². The highest BCUT2D eigenvalue weighted by molar-refractivity contribution is 7.13.